The van der Waals surface area contributed by atoms with E-state index in [9.17, 15) is 8.42 Å². The maximum absolute atomic E-state index is 12.2. The zero-order chi connectivity index (χ0) is 12.5. The third kappa shape index (κ3) is 3.08. The second kappa shape index (κ2) is 5.36. The van der Waals surface area contributed by atoms with Crippen molar-refractivity contribution in [2.24, 2.45) is 0 Å². The molecule has 0 saturated carbocycles. The Bertz CT molecular complexity index is 480. The summed E-state index contributed by atoms with van der Waals surface area (Å²) in [6.45, 7) is 1.53. The van der Waals surface area contributed by atoms with Crippen LogP contribution in [-0.4, -0.2) is 38.9 Å². The molecule has 0 spiro atoms. The van der Waals surface area contributed by atoms with E-state index in [0.29, 0.717) is 10.8 Å². The molecule has 0 aromatic carbocycles. The van der Waals surface area contributed by atoms with E-state index in [0.717, 1.165) is 23.2 Å². The van der Waals surface area contributed by atoms with E-state index in [1.54, 1.807) is 19.2 Å². The van der Waals surface area contributed by atoms with Gasteiger partial charge in [0.05, 0.1) is 3.79 Å². The lowest BCUT2D eigenvalue weighted by Gasteiger charge is -2.20. The van der Waals surface area contributed by atoms with Crippen LogP contribution in [-0.2, 0) is 10.0 Å². The number of nitrogens with zero attached hydrogens (tertiary/aromatic N) is 1. The predicted octanol–water partition coefficient (Wildman–Crippen LogP) is 1.88. The van der Waals surface area contributed by atoms with E-state index in [4.69, 9.17) is 0 Å². The average molecular weight is 339 g/mol. The SMILES string of the molecule is CN(C[C@H]1CCCN1)S(=O)(=O)c1ccc(Br)s1. The average Bonchev–Trinajstić information content (AvgIpc) is 2.89. The summed E-state index contributed by atoms with van der Waals surface area (Å²) < 4.78 is 27.1. The molecule has 1 saturated heterocycles. The van der Waals surface area contributed by atoms with Crippen LogP contribution < -0.4 is 5.32 Å². The van der Waals surface area contributed by atoms with Crippen molar-refractivity contribution in [3.05, 3.63) is 15.9 Å². The van der Waals surface area contributed by atoms with E-state index >= 15 is 0 Å². The fraction of sp³-hybridized carbons (Fsp3) is 0.600. The van der Waals surface area contributed by atoms with E-state index in [-0.39, 0.29) is 6.04 Å². The van der Waals surface area contributed by atoms with Gasteiger partial charge in [0.1, 0.15) is 4.21 Å². The lowest BCUT2D eigenvalue weighted by atomic mass is 10.2. The summed E-state index contributed by atoms with van der Waals surface area (Å²) in [6, 6.07) is 3.69. The molecule has 1 fully saturated rings. The van der Waals surface area contributed by atoms with Crippen LogP contribution >= 0.6 is 27.3 Å². The summed E-state index contributed by atoms with van der Waals surface area (Å²) in [7, 11) is -1.68. The van der Waals surface area contributed by atoms with Gasteiger partial charge in [0.2, 0.25) is 0 Å². The highest BCUT2D eigenvalue weighted by Gasteiger charge is 2.26. The minimum atomic E-state index is -3.32. The van der Waals surface area contributed by atoms with Crippen molar-refractivity contribution >= 4 is 37.3 Å². The van der Waals surface area contributed by atoms with Crippen molar-refractivity contribution in [2.75, 3.05) is 20.1 Å². The van der Waals surface area contributed by atoms with Gasteiger partial charge in [-0.25, -0.2) is 8.42 Å². The molecule has 1 N–H and O–H groups in total. The second-order valence-corrected chi connectivity index (χ2v) is 8.87. The van der Waals surface area contributed by atoms with Crippen LogP contribution in [0.15, 0.2) is 20.1 Å². The number of halogens is 1. The van der Waals surface area contributed by atoms with Gasteiger partial charge < -0.3 is 5.32 Å². The summed E-state index contributed by atoms with van der Waals surface area (Å²) in [5.74, 6) is 0. The van der Waals surface area contributed by atoms with E-state index in [2.05, 4.69) is 21.2 Å². The summed E-state index contributed by atoms with van der Waals surface area (Å²) in [5, 5.41) is 3.30. The number of nitrogens with one attached hydrogen (secondary N) is 1. The molecule has 0 bridgehead atoms. The van der Waals surface area contributed by atoms with E-state index in [1.807, 2.05) is 0 Å². The van der Waals surface area contributed by atoms with Crippen molar-refractivity contribution in [1.82, 2.24) is 9.62 Å². The maximum Gasteiger partial charge on any atom is 0.252 e. The highest BCUT2D eigenvalue weighted by Crippen LogP contribution is 2.28. The molecule has 0 radical (unpaired) electrons. The van der Waals surface area contributed by atoms with Gasteiger partial charge in [0.25, 0.3) is 10.0 Å². The fourth-order valence-electron chi connectivity index (χ4n) is 1.91. The molecule has 7 heteroatoms. The lowest BCUT2D eigenvalue weighted by molar-refractivity contribution is 0.418. The Morgan fingerprint density at radius 2 is 2.35 bits per heavy atom. The van der Waals surface area contributed by atoms with Crippen molar-refractivity contribution in [3.63, 3.8) is 0 Å². The van der Waals surface area contributed by atoms with Crippen LogP contribution in [0.1, 0.15) is 12.8 Å². The molecular weight excluding hydrogens is 324 g/mol. The Morgan fingerprint density at radius 3 is 2.88 bits per heavy atom. The monoisotopic (exact) mass is 338 g/mol. The van der Waals surface area contributed by atoms with Gasteiger partial charge in [0.15, 0.2) is 0 Å². The maximum atomic E-state index is 12.2. The zero-order valence-electron chi connectivity index (χ0n) is 9.52. The number of hydrogen-bond acceptors (Lipinski definition) is 4. The first kappa shape index (κ1) is 13.5. The largest absolute Gasteiger partial charge is 0.313 e. The molecule has 96 valence electrons. The van der Waals surface area contributed by atoms with Crippen LogP contribution in [0, 0.1) is 0 Å². The molecule has 0 aliphatic carbocycles. The Balaban J connectivity index is 2.09. The van der Waals surface area contributed by atoms with Crippen LogP contribution in [0.2, 0.25) is 0 Å². The van der Waals surface area contributed by atoms with Gasteiger partial charge in [-0.3, -0.25) is 0 Å². The smallest absolute Gasteiger partial charge is 0.252 e. The standard InChI is InChI=1S/C10H15BrN2O2S2/c1-13(7-8-3-2-6-12-8)17(14,15)10-5-4-9(11)16-10/h4-5,8,12H,2-3,6-7H2,1H3/t8-/m1/s1. The summed E-state index contributed by atoms with van der Waals surface area (Å²) in [4.78, 5) is 0. The van der Waals surface area contributed by atoms with Gasteiger partial charge in [0, 0.05) is 19.6 Å². The molecule has 17 heavy (non-hydrogen) atoms. The molecule has 2 rings (SSSR count). The van der Waals surface area contributed by atoms with Crippen molar-refractivity contribution in [3.8, 4) is 0 Å². The summed E-state index contributed by atoms with van der Waals surface area (Å²) in [6.07, 6.45) is 2.18. The fourth-order valence-corrected chi connectivity index (χ4v) is 5.35. The van der Waals surface area contributed by atoms with E-state index < -0.39 is 10.0 Å². The number of rotatable bonds is 4. The van der Waals surface area contributed by atoms with Crippen LogP contribution in [0.5, 0.6) is 0 Å². The van der Waals surface area contributed by atoms with Crippen molar-refractivity contribution in [2.45, 2.75) is 23.1 Å². The molecule has 1 aliphatic heterocycles. The zero-order valence-corrected chi connectivity index (χ0v) is 12.7. The van der Waals surface area contributed by atoms with Crippen molar-refractivity contribution < 1.29 is 8.42 Å². The Morgan fingerprint density at radius 1 is 1.59 bits per heavy atom. The van der Waals surface area contributed by atoms with Gasteiger partial charge in [-0.15, -0.1) is 11.3 Å². The lowest BCUT2D eigenvalue weighted by Crippen LogP contribution is -2.38. The summed E-state index contributed by atoms with van der Waals surface area (Å²) in [5.41, 5.74) is 0. The first-order valence-corrected chi connectivity index (χ1v) is 8.50. The molecule has 1 aliphatic rings. The number of sulfonamides is 1. The van der Waals surface area contributed by atoms with Gasteiger partial charge >= 0.3 is 0 Å². The number of thiophene rings is 1. The molecular formula is C10H15BrN2O2S2. The predicted molar refractivity (Wildman–Crippen MR) is 72.9 cm³/mol. The first-order chi connectivity index (χ1) is 8.00. The van der Waals surface area contributed by atoms with Gasteiger partial charge in [-0.05, 0) is 47.4 Å². The highest BCUT2D eigenvalue weighted by atomic mass is 79.9. The third-order valence-corrected chi connectivity index (χ3v) is 6.77. The van der Waals surface area contributed by atoms with Crippen molar-refractivity contribution in [1.29, 1.82) is 0 Å². The first-order valence-electron chi connectivity index (χ1n) is 5.45. The topological polar surface area (TPSA) is 49.4 Å². The molecule has 1 atom stereocenters. The van der Waals surface area contributed by atoms with Crippen LogP contribution in [0.4, 0.5) is 0 Å². The molecule has 2 heterocycles. The molecule has 1 aromatic heterocycles. The molecule has 0 amide bonds. The van der Waals surface area contributed by atoms with E-state index in [1.165, 1.54) is 15.6 Å². The summed E-state index contributed by atoms with van der Waals surface area (Å²) >= 11 is 4.53. The normalized spacial score (nSPS) is 21.2. The minimum absolute atomic E-state index is 0.290. The van der Waals surface area contributed by atoms with Crippen LogP contribution in [0.3, 0.4) is 0 Å². The van der Waals surface area contributed by atoms with Gasteiger partial charge in [-0.1, -0.05) is 0 Å². The quantitative estimate of drug-likeness (QED) is 0.911. The second-order valence-electron chi connectivity index (χ2n) is 4.14. The Hall–Kier alpha value is 0.0500. The van der Waals surface area contributed by atoms with Gasteiger partial charge in [-0.2, -0.15) is 4.31 Å². The Kier molecular flexibility index (Phi) is 4.25. The Labute approximate surface area is 114 Å². The molecule has 1 aromatic rings. The molecule has 4 nitrogen and oxygen atoms in total. The molecule has 0 unspecified atom stereocenters. The number of likely N-dealkylation sites (N-methyl/N-ethyl adjacent to an activating group) is 1. The van der Waals surface area contributed by atoms with Crippen LogP contribution in [0.25, 0.3) is 0 Å². The third-order valence-electron chi connectivity index (χ3n) is 2.85. The highest BCUT2D eigenvalue weighted by molar-refractivity contribution is 9.11. The minimum Gasteiger partial charge on any atom is -0.313 e. The number of hydrogen-bond donors (Lipinski definition) is 1.